The lowest BCUT2D eigenvalue weighted by atomic mass is 9.95. The van der Waals surface area contributed by atoms with Crippen LogP contribution in [0.25, 0.3) is 0 Å². The highest BCUT2D eigenvalue weighted by Crippen LogP contribution is 2.43. The van der Waals surface area contributed by atoms with Crippen LogP contribution in [0.1, 0.15) is 29.2 Å². The van der Waals surface area contributed by atoms with E-state index < -0.39 is 29.6 Å². The molecular weight excluding hydrogens is 504 g/mol. The Kier molecular flexibility index (Phi) is 6.25. The predicted octanol–water partition coefficient (Wildman–Crippen LogP) is 6.81. The van der Waals surface area contributed by atoms with Crippen molar-refractivity contribution in [3.05, 3.63) is 93.7 Å². The Morgan fingerprint density at radius 1 is 1.09 bits per heavy atom. The first-order valence-electron chi connectivity index (χ1n) is 9.85. The van der Waals surface area contributed by atoms with Crippen LogP contribution in [0, 0.1) is 5.82 Å². The Labute approximate surface area is 195 Å². The van der Waals surface area contributed by atoms with Crippen LogP contribution in [0.4, 0.5) is 28.9 Å². The van der Waals surface area contributed by atoms with Gasteiger partial charge in [-0.1, -0.05) is 46.3 Å². The van der Waals surface area contributed by atoms with Gasteiger partial charge in [0.15, 0.2) is 0 Å². The number of halogens is 5. The molecule has 0 spiro atoms. The van der Waals surface area contributed by atoms with Gasteiger partial charge >= 0.3 is 12.1 Å². The molecule has 1 aliphatic heterocycles. The molecule has 1 unspecified atom stereocenters. The summed E-state index contributed by atoms with van der Waals surface area (Å²) in [6.45, 7) is 0. The molecular formula is C24H17BrF4N2O2. The molecule has 0 saturated carbocycles. The number of benzene rings is 3. The normalized spacial score (nSPS) is 15.6. The summed E-state index contributed by atoms with van der Waals surface area (Å²) < 4.78 is 60.8. The van der Waals surface area contributed by atoms with Gasteiger partial charge in [-0.05, 0) is 36.4 Å². The lowest BCUT2D eigenvalue weighted by Gasteiger charge is -2.38. The van der Waals surface area contributed by atoms with Crippen molar-refractivity contribution < 1.29 is 27.1 Å². The number of methoxy groups -OCH3 is 1. The number of anilines is 1. The number of rotatable bonds is 4. The molecule has 4 rings (SSSR count). The molecule has 0 bridgehead atoms. The Hall–Kier alpha value is -3.20. The Morgan fingerprint density at radius 2 is 1.79 bits per heavy atom. The minimum Gasteiger partial charge on any atom is -0.469 e. The quantitative estimate of drug-likeness (QED) is 0.280. The SMILES string of the molecule is COC(=O)CC1c2cccc(F)c2N=C(c2ccc(Br)cc2)N1c1cccc(C(F)(F)F)c1. The number of amidine groups is 1. The maximum atomic E-state index is 14.8. The summed E-state index contributed by atoms with van der Waals surface area (Å²) in [6.07, 6.45) is -4.79. The maximum absolute atomic E-state index is 14.8. The van der Waals surface area contributed by atoms with Crippen molar-refractivity contribution in [3.8, 4) is 0 Å². The summed E-state index contributed by atoms with van der Waals surface area (Å²) in [5.41, 5.74) is 0.262. The highest BCUT2D eigenvalue weighted by atomic mass is 79.9. The van der Waals surface area contributed by atoms with Crippen molar-refractivity contribution >= 4 is 39.1 Å². The van der Waals surface area contributed by atoms with Gasteiger partial charge in [-0.3, -0.25) is 4.79 Å². The summed E-state index contributed by atoms with van der Waals surface area (Å²) in [6, 6.07) is 15.1. The van der Waals surface area contributed by atoms with E-state index >= 15 is 0 Å². The predicted molar refractivity (Wildman–Crippen MR) is 120 cm³/mol. The molecule has 1 atom stereocenters. The monoisotopic (exact) mass is 520 g/mol. The highest BCUT2D eigenvalue weighted by molar-refractivity contribution is 9.10. The van der Waals surface area contributed by atoms with E-state index in [0.29, 0.717) is 11.1 Å². The van der Waals surface area contributed by atoms with Gasteiger partial charge in [0.25, 0.3) is 0 Å². The molecule has 3 aromatic rings. The summed E-state index contributed by atoms with van der Waals surface area (Å²) in [5.74, 6) is -0.974. The molecule has 0 N–H and O–H groups in total. The van der Waals surface area contributed by atoms with Gasteiger partial charge in [-0.2, -0.15) is 13.2 Å². The molecule has 0 radical (unpaired) electrons. The molecule has 0 fully saturated rings. The number of nitrogens with zero attached hydrogens (tertiary/aromatic N) is 2. The van der Waals surface area contributed by atoms with Gasteiger partial charge < -0.3 is 9.64 Å². The summed E-state index contributed by atoms with van der Waals surface area (Å²) in [4.78, 5) is 18.3. The van der Waals surface area contributed by atoms with Crippen LogP contribution >= 0.6 is 15.9 Å². The van der Waals surface area contributed by atoms with E-state index in [4.69, 9.17) is 4.74 Å². The summed E-state index contributed by atoms with van der Waals surface area (Å²) >= 11 is 3.35. The third kappa shape index (κ3) is 4.64. The molecule has 3 aromatic carbocycles. The number of aliphatic imine (C=N–C) groups is 1. The molecule has 4 nitrogen and oxygen atoms in total. The fourth-order valence-corrected chi connectivity index (χ4v) is 4.01. The zero-order chi connectivity index (χ0) is 23.8. The average molecular weight is 521 g/mol. The number of fused-ring (bicyclic) bond motifs is 1. The molecule has 9 heteroatoms. The Morgan fingerprint density at radius 3 is 2.45 bits per heavy atom. The van der Waals surface area contributed by atoms with E-state index in [-0.39, 0.29) is 23.6 Å². The number of ether oxygens (including phenoxy) is 1. The minimum absolute atomic E-state index is 0.0348. The third-order valence-electron chi connectivity index (χ3n) is 5.28. The van der Waals surface area contributed by atoms with E-state index in [9.17, 15) is 22.4 Å². The minimum atomic E-state index is -4.57. The lowest BCUT2D eigenvalue weighted by Crippen LogP contribution is -2.39. The van der Waals surface area contributed by atoms with E-state index in [1.807, 2.05) is 0 Å². The molecule has 0 saturated heterocycles. The topological polar surface area (TPSA) is 41.9 Å². The van der Waals surface area contributed by atoms with Crippen molar-refractivity contribution in [1.82, 2.24) is 0 Å². The van der Waals surface area contributed by atoms with Gasteiger partial charge in [0.1, 0.15) is 17.3 Å². The first-order valence-corrected chi connectivity index (χ1v) is 10.6. The van der Waals surface area contributed by atoms with Crippen LogP contribution < -0.4 is 4.90 Å². The second-order valence-electron chi connectivity index (χ2n) is 7.33. The van der Waals surface area contributed by atoms with Crippen molar-refractivity contribution in [2.24, 2.45) is 4.99 Å². The second-order valence-corrected chi connectivity index (χ2v) is 8.25. The number of carbonyl (C=O) groups is 1. The fourth-order valence-electron chi connectivity index (χ4n) is 3.74. The zero-order valence-corrected chi connectivity index (χ0v) is 18.8. The molecule has 0 amide bonds. The Balaban J connectivity index is 1.98. The van der Waals surface area contributed by atoms with Crippen molar-refractivity contribution in [3.63, 3.8) is 0 Å². The van der Waals surface area contributed by atoms with Crippen molar-refractivity contribution in [2.45, 2.75) is 18.6 Å². The smallest absolute Gasteiger partial charge is 0.416 e. The van der Waals surface area contributed by atoms with Crippen LogP contribution in [-0.4, -0.2) is 18.9 Å². The van der Waals surface area contributed by atoms with Crippen molar-refractivity contribution in [1.29, 1.82) is 0 Å². The molecule has 170 valence electrons. The number of hydrogen-bond acceptors (Lipinski definition) is 4. The third-order valence-corrected chi connectivity index (χ3v) is 5.80. The zero-order valence-electron chi connectivity index (χ0n) is 17.2. The number of hydrogen-bond donors (Lipinski definition) is 0. The van der Waals surface area contributed by atoms with Crippen molar-refractivity contribution in [2.75, 3.05) is 12.0 Å². The summed E-state index contributed by atoms with van der Waals surface area (Å²) in [5, 5.41) is 0. The number of para-hydroxylation sites is 1. The average Bonchev–Trinajstić information content (AvgIpc) is 2.79. The number of esters is 1. The van der Waals surface area contributed by atoms with Gasteiger partial charge in [0.2, 0.25) is 0 Å². The summed E-state index contributed by atoms with van der Waals surface area (Å²) in [7, 11) is 1.22. The van der Waals surface area contributed by atoms with Gasteiger partial charge in [-0.15, -0.1) is 0 Å². The molecule has 33 heavy (non-hydrogen) atoms. The first kappa shape index (κ1) is 23.0. The number of carbonyl (C=O) groups excluding carboxylic acids is 1. The fraction of sp³-hybridized carbons (Fsp3) is 0.167. The van der Waals surface area contributed by atoms with Gasteiger partial charge in [0.05, 0.1) is 25.1 Å². The molecule has 0 aliphatic carbocycles. The lowest BCUT2D eigenvalue weighted by molar-refractivity contribution is -0.141. The highest BCUT2D eigenvalue weighted by Gasteiger charge is 2.37. The van der Waals surface area contributed by atoms with Gasteiger partial charge in [0, 0.05) is 21.3 Å². The number of alkyl halides is 3. The molecule has 1 aliphatic rings. The second kappa shape index (κ2) is 8.97. The van der Waals surface area contributed by atoms with E-state index in [2.05, 4.69) is 20.9 Å². The van der Waals surface area contributed by atoms with Crippen LogP contribution in [0.5, 0.6) is 0 Å². The molecule has 1 heterocycles. The van der Waals surface area contributed by atoms with Crippen LogP contribution in [-0.2, 0) is 15.7 Å². The van der Waals surface area contributed by atoms with Crippen LogP contribution in [0.2, 0.25) is 0 Å². The van der Waals surface area contributed by atoms with E-state index in [0.717, 1.165) is 16.6 Å². The van der Waals surface area contributed by atoms with Crippen LogP contribution in [0.3, 0.4) is 0 Å². The largest absolute Gasteiger partial charge is 0.469 e. The van der Waals surface area contributed by atoms with Crippen LogP contribution in [0.15, 0.2) is 76.2 Å². The molecule has 0 aromatic heterocycles. The van der Waals surface area contributed by atoms with E-state index in [1.165, 1.54) is 36.3 Å². The van der Waals surface area contributed by atoms with Gasteiger partial charge in [-0.25, -0.2) is 9.38 Å². The maximum Gasteiger partial charge on any atom is 0.416 e. The standard InChI is InChI=1S/C24H17BrF4N2O2/c1-33-21(32)13-20-18-6-3-7-19(26)22(18)30-23(14-8-10-16(25)11-9-14)31(20)17-5-2-4-15(12-17)24(27,28)29/h2-12,20H,13H2,1H3. The first-order chi connectivity index (χ1) is 15.7. The Bertz CT molecular complexity index is 1230. The van der Waals surface area contributed by atoms with E-state index in [1.54, 1.807) is 30.3 Å².